The number of amides is 2. The van der Waals surface area contributed by atoms with Crippen LogP contribution < -0.4 is 10.6 Å². The number of nitrogens with one attached hydrogen (secondary N) is 2. The zero-order chi connectivity index (χ0) is 15.9. The minimum Gasteiger partial charge on any atom is -0.385 e. The molecular formula is C17H24N2O3. The van der Waals surface area contributed by atoms with Crippen LogP contribution in [0.2, 0.25) is 0 Å². The lowest BCUT2D eigenvalue weighted by molar-refractivity contribution is -0.127. The van der Waals surface area contributed by atoms with E-state index in [0.717, 1.165) is 17.5 Å². The van der Waals surface area contributed by atoms with Crippen LogP contribution in [-0.4, -0.2) is 32.1 Å². The molecule has 22 heavy (non-hydrogen) atoms. The van der Waals surface area contributed by atoms with Crippen molar-refractivity contribution in [2.45, 2.75) is 26.3 Å². The quantitative estimate of drug-likeness (QED) is 0.713. The Kier molecular flexibility index (Phi) is 5.95. The molecule has 2 N–H and O–H groups in total. The second-order valence-electron chi connectivity index (χ2n) is 5.73. The van der Waals surface area contributed by atoms with E-state index >= 15 is 0 Å². The highest BCUT2D eigenvalue weighted by Gasteiger charge is 2.47. The molecule has 1 aliphatic carbocycles. The predicted octanol–water partition coefficient (Wildman–Crippen LogP) is 1.40. The van der Waals surface area contributed by atoms with E-state index in [0.29, 0.717) is 26.1 Å². The Hall–Kier alpha value is -1.88. The van der Waals surface area contributed by atoms with Crippen molar-refractivity contribution in [3.8, 4) is 0 Å². The maximum Gasteiger partial charge on any atom is 0.224 e. The molecule has 0 aromatic heterocycles. The summed E-state index contributed by atoms with van der Waals surface area (Å²) >= 11 is 0. The third kappa shape index (κ3) is 4.56. The topological polar surface area (TPSA) is 67.4 Å². The molecule has 5 heteroatoms. The Morgan fingerprint density at radius 2 is 1.86 bits per heavy atom. The summed E-state index contributed by atoms with van der Waals surface area (Å²) in [6, 6.07) is 7.96. The molecule has 1 saturated carbocycles. The van der Waals surface area contributed by atoms with Gasteiger partial charge in [0, 0.05) is 26.8 Å². The molecule has 0 spiro atoms. The zero-order valence-corrected chi connectivity index (χ0v) is 13.2. The molecule has 2 amide bonds. The maximum atomic E-state index is 12.1. The van der Waals surface area contributed by atoms with Crippen molar-refractivity contribution in [2.24, 2.45) is 11.8 Å². The summed E-state index contributed by atoms with van der Waals surface area (Å²) in [6.07, 6.45) is 1.44. The molecule has 1 aliphatic rings. The molecule has 1 aromatic carbocycles. The number of rotatable bonds is 8. The molecular weight excluding hydrogens is 280 g/mol. The van der Waals surface area contributed by atoms with Crippen molar-refractivity contribution in [1.82, 2.24) is 10.6 Å². The number of benzene rings is 1. The smallest absolute Gasteiger partial charge is 0.224 e. The molecule has 0 heterocycles. The van der Waals surface area contributed by atoms with E-state index in [2.05, 4.69) is 10.6 Å². The number of carbonyl (C=O) groups excluding carboxylic acids is 2. The number of carbonyl (C=O) groups is 2. The Morgan fingerprint density at radius 3 is 2.55 bits per heavy atom. The lowest BCUT2D eigenvalue weighted by Crippen LogP contribution is -2.30. The molecule has 0 radical (unpaired) electrons. The molecule has 1 aromatic rings. The first-order valence-corrected chi connectivity index (χ1v) is 7.72. The second kappa shape index (κ2) is 7.94. The number of methoxy groups -OCH3 is 1. The first kappa shape index (κ1) is 16.5. The van der Waals surface area contributed by atoms with Gasteiger partial charge in [-0.1, -0.05) is 24.3 Å². The van der Waals surface area contributed by atoms with Crippen LogP contribution in [0.15, 0.2) is 24.3 Å². The van der Waals surface area contributed by atoms with Gasteiger partial charge in [-0.25, -0.2) is 0 Å². The molecule has 5 nitrogen and oxygen atoms in total. The minimum absolute atomic E-state index is 0.0212. The van der Waals surface area contributed by atoms with E-state index < -0.39 is 0 Å². The average Bonchev–Trinajstić information content (AvgIpc) is 3.31. The summed E-state index contributed by atoms with van der Waals surface area (Å²) in [5.74, 6) is -0.390. The molecule has 1 fully saturated rings. The van der Waals surface area contributed by atoms with E-state index in [-0.39, 0.29) is 23.7 Å². The van der Waals surface area contributed by atoms with E-state index in [1.54, 1.807) is 7.11 Å². The highest BCUT2D eigenvalue weighted by Crippen LogP contribution is 2.38. The van der Waals surface area contributed by atoms with Crippen LogP contribution in [-0.2, 0) is 20.9 Å². The van der Waals surface area contributed by atoms with Crippen molar-refractivity contribution in [3.05, 3.63) is 35.4 Å². The first-order chi connectivity index (χ1) is 10.6. The fourth-order valence-corrected chi connectivity index (χ4v) is 2.46. The normalized spacial score (nSPS) is 19.5. The van der Waals surface area contributed by atoms with Gasteiger partial charge in [-0.3, -0.25) is 9.59 Å². The van der Waals surface area contributed by atoms with Crippen molar-refractivity contribution in [1.29, 1.82) is 0 Å². The Labute approximate surface area is 131 Å². The molecule has 0 aliphatic heterocycles. The summed E-state index contributed by atoms with van der Waals surface area (Å²) in [6.45, 7) is 3.77. The van der Waals surface area contributed by atoms with Crippen molar-refractivity contribution in [3.63, 3.8) is 0 Å². The summed E-state index contributed by atoms with van der Waals surface area (Å²) in [5.41, 5.74) is 2.27. The molecule has 2 atom stereocenters. The highest BCUT2D eigenvalue weighted by atomic mass is 16.5. The molecule has 0 bridgehead atoms. The Morgan fingerprint density at radius 1 is 1.18 bits per heavy atom. The lowest BCUT2D eigenvalue weighted by Gasteiger charge is -2.08. The van der Waals surface area contributed by atoms with Crippen LogP contribution in [0.25, 0.3) is 0 Å². The minimum atomic E-state index is -0.175. The molecule has 120 valence electrons. The molecule has 0 saturated heterocycles. The van der Waals surface area contributed by atoms with Gasteiger partial charge >= 0.3 is 0 Å². The summed E-state index contributed by atoms with van der Waals surface area (Å²) < 4.78 is 4.93. The number of hydrogen-bond acceptors (Lipinski definition) is 3. The van der Waals surface area contributed by atoms with Crippen LogP contribution in [0.3, 0.4) is 0 Å². The maximum absolute atomic E-state index is 12.1. The second-order valence-corrected chi connectivity index (χ2v) is 5.73. The SMILES string of the molecule is COCCCNC(=O)C1CC1C(=O)NCc1ccccc1C. The summed E-state index contributed by atoms with van der Waals surface area (Å²) in [4.78, 5) is 23.9. The van der Waals surface area contributed by atoms with Crippen LogP contribution in [0.4, 0.5) is 0 Å². The van der Waals surface area contributed by atoms with Crippen LogP contribution in [0.1, 0.15) is 24.0 Å². The van der Waals surface area contributed by atoms with Gasteiger partial charge in [0.2, 0.25) is 11.8 Å². The van der Waals surface area contributed by atoms with Gasteiger partial charge in [-0.15, -0.1) is 0 Å². The molecule has 2 unspecified atom stereocenters. The van der Waals surface area contributed by atoms with Gasteiger partial charge in [0.1, 0.15) is 0 Å². The van der Waals surface area contributed by atoms with Crippen molar-refractivity contribution >= 4 is 11.8 Å². The third-order valence-corrected chi connectivity index (χ3v) is 4.00. The predicted molar refractivity (Wildman–Crippen MR) is 84.1 cm³/mol. The fraction of sp³-hybridized carbons (Fsp3) is 0.529. The van der Waals surface area contributed by atoms with E-state index in [9.17, 15) is 9.59 Å². The van der Waals surface area contributed by atoms with Crippen LogP contribution in [0.5, 0.6) is 0 Å². The van der Waals surface area contributed by atoms with Gasteiger partial charge < -0.3 is 15.4 Å². The monoisotopic (exact) mass is 304 g/mol. The van der Waals surface area contributed by atoms with Crippen molar-refractivity contribution in [2.75, 3.05) is 20.3 Å². The molecule has 2 rings (SSSR count). The fourth-order valence-electron chi connectivity index (χ4n) is 2.46. The van der Waals surface area contributed by atoms with Gasteiger partial charge in [-0.2, -0.15) is 0 Å². The van der Waals surface area contributed by atoms with E-state index in [1.165, 1.54) is 0 Å². The van der Waals surface area contributed by atoms with E-state index in [1.807, 2.05) is 31.2 Å². The highest BCUT2D eigenvalue weighted by molar-refractivity contribution is 5.92. The standard InChI is InChI=1S/C17H24N2O3/c1-12-6-3-4-7-13(12)11-19-17(21)15-10-14(15)16(20)18-8-5-9-22-2/h3-4,6-7,14-15H,5,8-11H2,1-2H3,(H,18,20)(H,19,21). The number of aryl methyl sites for hydroxylation is 1. The number of hydrogen-bond donors (Lipinski definition) is 2. The van der Waals surface area contributed by atoms with Gasteiger partial charge in [0.25, 0.3) is 0 Å². The number of ether oxygens (including phenoxy) is 1. The average molecular weight is 304 g/mol. The van der Waals surface area contributed by atoms with E-state index in [4.69, 9.17) is 4.74 Å². The first-order valence-electron chi connectivity index (χ1n) is 7.72. The van der Waals surface area contributed by atoms with Gasteiger partial charge in [0.15, 0.2) is 0 Å². The summed E-state index contributed by atoms with van der Waals surface area (Å²) in [5, 5.41) is 5.77. The Balaban J connectivity index is 1.69. The van der Waals surface area contributed by atoms with Gasteiger partial charge in [0.05, 0.1) is 11.8 Å². The Bertz CT molecular complexity index is 530. The largest absolute Gasteiger partial charge is 0.385 e. The lowest BCUT2D eigenvalue weighted by atomic mass is 10.1. The van der Waals surface area contributed by atoms with Gasteiger partial charge in [-0.05, 0) is 30.9 Å². The summed E-state index contributed by atoms with van der Waals surface area (Å²) in [7, 11) is 1.64. The van der Waals surface area contributed by atoms with Crippen LogP contribution in [0, 0.1) is 18.8 Å². The third-order valence-electron chi connectivity index (χ3n) is 4.00. The van der Waals surface area contributed by atoms with Crippen molar-refractivity contribution < 1.29 is 14.3 Å². The van der Waals surface area contributed by atoms with Crippen LogP contribution >= 0.6 is 0 Å². The zero-order valence-electron chi connectivity index (χ0n) is 13.2.